The zero-order valence-electron chi connectivity index (χ0n) is 6.45. The van der Waals surface area contributed by atoms with Crippen LogP contribution in [0.3, 0.4) is 0 Å². The molecule has 7 heteroatoms. The Morgan fingerprint density at radius 3 is 1.45 bits per heavy atom. The van der Waals surface area contributed by atoms with Crippen LogP contribution in [0.2, 0.25) is 0 Å². The van der Waals surface area contributed by atoms with Gasteiger partial charge in [-0.15, -0.1) is 0 Å². The molecule has 70 valence electrons. The molecule has 0 aliphatic rings. The summed E-state index contributed by atoms with van der Waals surface area (Å²) in [6.45, 7) is 1.14. The molecule has 0 amide bonds. The van der Waals surface area contributed by atoms with E-state index >= 15 is 0 Å². The smallest absolute Gasteiger partial charge is 0.418 e. The summed E-state index contributed by atoms with van der Waals surface area (Å²) in [6, 6.07) is 0. The third kappa shape index (κ3) is 78.7. The highest BCUT2D eigenvalue weighted by Gasteiger charge is 2.20. The summed E-state index contributed by atoms with van der Waals surface area (Å²) >= 11 is 0. The molecule has 2 nitrogen and oxygen atoms in total. The molecular weight excluding hydrogens is 165 g/mol. The SMILES string of the molecule is C[NH+](C)CCO.F[B-](F)(F)F. The van der Waals surface area contributed by atoms with Gasteiger partial charge in [-0.05, 0) is 0 Å². The molecule has 0 radical (unpaired) electrons. The number of rotatable bonds is 2. The maximum absolute atomic E-state index is 9.75. The lowest BCUT2D eigenvalue weighted by molar-refractivity contribution is -0.858. The van der Waals surface area contributed by atoms with Gasteiger partial charge in [0.15, 0.2) is 0 Å². The van der Waals surface area contributed by atoms with E-state index in [1.54, 1.807) is 0 Å². The van der Waals surface area contributed by atoms with Crippen molar-refractivity contribution in [3.8, 4) is 0 Å². The molecule has 2 N–H and O–H groups in total. The molecule has 11 heavy (non-hydrogen) atoms. The molecular formula is C4H12BF4NO. The normalized spacial score (nSPS) is 10.9. The minimum Gasteiger partial charge on any atom is -0.418 e. The summed E-state index contributed by atoms with van der Waals surface area (Å²) in [6.07, 6.45) is 0. The maximum atomic E-state index is 9.75. The van der Waals surface area contributed by atoms with E-state index in [4.69, 9.17) is 5.11 Å². The number of quaternary nitrogens is 1. The van der Waals surface area contributed by atoms with Gasteiger partial charge in [0.25, 0.3) is 0 Å². The molecule has 0 aromatic rings. The van der Waals surface area contributed by atoms with Crippen molar-refractivity contribution in [3.05, 3.63) is 0 Å². The Hall–Kier alpha value is -0.295. The van der Waals surface area contributed by atoms with Gasteiger partial charge in [0, 0.05) is 0 Å². The topological polar surface area (TPSA) is 24.7 Å². The van der Waals surface area contributed by atoms with E-state index in [1.807, 2.05) is 14.1 Å². The van der Waals surface area contributed by atoms with Crippen molar-refractivity contribution in [1.29, 1.82) is 0 Å². The lowest BCUT2D eigenvalue weighted by atomic mass is 10.3. The van der Waals surface area contributed by atoms with Crippen LogP contribution in [-0.2, 0) is 0 Å². The van der Waals surface area contributed by atoms with Gasteiger partial charge in [-0.3, -0.25) is 0 Å². The van der Waals surface area contributed by atoms with Crippen LogP contribution in [0.15, 0.2) is 0 Å². The van der Waals surface area contributed by atoms with E-state index in [0.717, 1.165) is 6.54 Å². The summed E-state index contributed by atoms with van der Waals surface area (Å²) in [5.74, 6) is 0. The van der Waals surface area contributed by atoms with E-state index in [2.05, 4.69) is 0 Å². The first kappa shape index (κ1) is 13.3. The van der Waals surface area contributed by atoms with E-state index in [-0.39, 0.29) is 0 Å². The van der Waals surface area contributed by atoms with E-state index in [9.17, 15) is 17.3 Å². The second kappa shape index (κ2) is 6.42. The maximum Gasteiger partial charge on any atom is 0.673 e. The van der Waals surface area contributed by atoms with Crippen LogP contribution in [-0.4, -0.2) is 39.6 Å². The molecule has 0 fully saturated rings. The van der Waals surface area contributed by atoms with Crippen molar-refractivity contribution >= 4 is 7.25 Å². The van der Waals surface area contributed by atoms with Gasteiger partial charge in [0.05, 0.1) is 20.7 Å². The first-order valence-corrected chi connectivity index (χ1v) is 3.04. The molecule has 0 aromatic heterocycles. The lowest BCUT2D eigenvalue weighted by Gasteiger charge is -2.00. The molecule has 0 bridgehead atoms. The molecule has 0 unspecified atom stereocenters. The number of aliphatic hydroxyl groups is 1. The Bertz CT molecular complexity index is 80.7. The van der Waals surface area contributed by atoms with Crippen LogP contribution >= 0.6 is 0 Å². The Morgan fingerprint density at radius 2 is 1.45 bits per heavy atom. The van der Waals surface area contributed by atoms with Gasteiger partial charge in [-0.2, -0.15) is 0 Å². The monoisotopic (exact) mass is 177 g/mol. The first-order chi connectivity index (χ1) is 4.77. The van der Waals surface area contributed by atoms with E-state index < -0.39 is 7.25 Å². The van der Waals surface area contributed by atoms with Gasteiger partial charge < -0.3 is 27.3 Å². The minimum absolute atomic E-state index is 0.294. The number of hydrogen-bond donors (Lipinski definition) is 2. The summed E-state index contributed by atoms with van der Waals surface area (Å²) in [7, 11) is -1.98. The second-order valence-corrected chi connectivity index (χ2v) is 2.18. The second-order valence-electron chi connectivity index (χ2n) is 2.18. The highest BCUT2D eigenvalue weighted by atomic mass is 19.5. The zero-order chi connectivity index (χ0) is 9.49. The average Bonchev–Trinajstić information content (AvgIpc) is 1.58. The third-order valence-corrected chi connectivity index (χ3v) is 0.612. The third-order valence-electron chi connectivity index (χ3n) is 0.612. The molecule has 0 spiro atoms. The number of halogens is 4. The Balaban J connectivity index is 0. The summed E-state index contributed by atoms with van der Waals surface area (Å²) < 4.78 is 39.0. The number of nitrogens with one attached hydrogen (secondary N) is 1. The Labute approximate surface area is 62.9 Å². The number of aliphatic hydroxyl groups excluding tert-OH is 1. The molecule has 0 saturated carbocycles. The number of hydrogen-bond acceptors (Lipinski definition) is 1. The predicted molar refractivity (Wildman–Crippen MR) is 34.9 cm³/mol. The average molecular weight is 177 g/mol. The zero-order valence-corrected chi connectivity index (χ0v) is 6.45. The molecule has 0 heterocycles. The Morgan fingerprint density at radius 1 is 1.18 bits per heavy atom. The van der Waals surface area contributed by atoms with Crippen LogP contribution in [0, 0.1) is 0 Å². The molecule has 0 aromatic carbocycles. The quantitative estimate of drug-likeness (QED) is 0.428. The fourth-order valence-corrected chi connectivity index (χ4v) is 0.224. The summed E-state index contributed by atoms with van der Waals surface area (Å²) in [5.41, 5.74) is 0. The van der Waals surface area contributed by atoms with Crippen LogP contribution in [0.1, 0.15) is 0 Å². The van der Waals surface area contributed by atoms with Gasteiger partial charge >= 0.3 is 7.25 Å². The Kier molecular flexibility index (Phi) is 7.76. The van der Waals surface area contributed by atoms with Crippen molar-refractivity contribution in [3.63, 3.8) is 0 Å². The van der Waals surface area contributed by atoms with Crippen LogP contribution in [0.4, 0.5) is 17.3 Å². The predicted octanol–water partition coefficient (Wildman–Crippen LogP) is -0.577. The van der Waals surface area contributed by atoms with Crippen LogP contribution < -0.4 is 4.90 Å². The number of likely N-dealkylation sites (N-methyl/N-ethyl adjacent to an activating group) is 1. The van der Waals surface area contributed by atoms with Gasteiger partial charge in [-0.25, -0.2) is 0 Å². The van der Waals surface area contributed by atoms with Crippen molar-refractivity contribution in [2.45, 2.75) is 0 Å². The highest BCUT2D eigenvalue weighted by molar-refractivity contribution is 6.50. The van der Waals surface area contributed by atoms with Gasteiger partial charge in [0.1, 0.15) is 6.54 Å². The largest absolute Gasteiger partial charge is 0.673 e. The van der Waals surface area contributed by atoms with Crippen LogP contribution in [0.25, 0.3) is 0 Å². The van der Waals surface area contributed by atoms with Crippen molar-refractivity contribution in [2.24, 2.45) is 0 Å². The fraction of sp³-hybridized carbons (Fsp3) is 1.00. The molecule has 0 aliphatic heterocycles. The molecule has 0 rings (SSSR count). The van der Waals surface area contributed by atoms with Crippen molar-refractivity contribution < 1.29 is 27.3 Å². The minimum atomic E-state index is -6.00. The summed E-state index contributed by atoms with van der Waals surface area (Å²) in [4.78, 5) is 1.29. The summed E-state index contributed by atoms with van der Waals surface area (Å²) in [5, 5.41) is 8.22. The van der Waals surface area contributed by atoms with Gasteiger partial charge in [0.2, 0.25) is 0 Å². The van der Waals surface area contributed by atoms with Crippen molar-refractivity contribution in [2.75, 3.05) is 27.2 Å². The molecule has 0 atom stereocenters. The van der Waals surface area contributed by atoms with E-state index in [1.165, 1.54) is 4.90 Å². The fourth-order valence-electron chi connectivity index (χ4n) is 0.224. The van der Waals surface area contributed by atoms with E-state index in [0.29, 0.717) is 6.61 Å². The van der Waals surface area contributed by atoms with Crippen molar-refractivity contribution in [1.82, 2.24) is 0 Å². The standard InChI is InChI=1S/C4H11NO.BF4/c1-5(2)3-4-6;2-1(3,4)5/h6H,3-4H2,1-2H3;/q;-1/p+1. The van der Waals surface area contributed by atoms with Gasteiger partial charge in [-0.1, -0.05) is 0 Å². The molecule has 0 aliphatic carbocycles. The lowest BCUT2D eigenvalue weighted by Crippen LogP contribution is -3.06. The van der Waals surface area contributed by atoms with Crippen LogP contribution in [0.5, 0.6) is 0 Å². The molecule has 0 saturated heterocycles. The first-order valence-electron chi connectivity index (χ1n) is 3.04. The highest BCUT2D eigenvalue weighted by Crippen LogP contribution is 2.06.